The Morgan fingerprint density at radius 1 is 1.23 bits per heavy atom. The molecule has 4 rings (SSSR count). The lowest BCUT2D eigenvalue weighted by atomic mass is 9.96. The average molecular weight is 352 g/mol. The SMILES string of the molecule is Cc1ccccc1-n1nc(C(=O)N2CCCCC2C(C)N)c2c1CCC2. The summed E-state index contributed by atoms with van der Waals surface area (Å²) in [6, 6.07) is 8.36. The number of piperidine rings is 1. The fourth-order valence-corrected chi connectivity index (χ4v) is 4.50. The predicted molar refractivity (Wildman–Crippen MR) is 103 cm³/mol. The van der Waals surface area contributed by atoms with Gasteiger partial charge in [0.15, 0.2) is 5.69 Å². The number of carbonyl (C=O) groups is 1. The second kappa shape index (κ2) is 6.88. The van der Waals surface area contributed by atoms with Crippen molar-refractivity contribution < 1.29 is 4.79 Å². The van der Waals surface area contributed by atoms with Crippen molar-refractivity contribution in [2.75, 3.05) is 6.54 Å². The number of aromatic nitrogens is 2. The molecule has 2 atom stereocenters. The van der Waals surface area contributed by atoms with Gasteiger partial charge in [-0.15, -0.1) is 0 Å². The highest BCUT2D eigenvalue weighted by atomic mass is 16.2. The monoisotopic (exact) mass is 352 g/mol. The molecule has 1 aliphatic heterocycles. The average Bonchev–Trinajstić information content (AvgIpc) is 3.24. The van der Waals surface area contributed by atoms with Gasteiger partial charge >= 0.3 is 0 Å². The van der Waals surface area contributed by atoms with E-state index in [1.54, 1.807) is 0 Å². The van der Waals surface area contributed by atoms with Gasteiger partial charge in [0.1, 0.15) is 0 Å². The van der Waals surface area contributed by atoms with Crippen molar-refractivity contribution in [2.24, 2.45) is 5.73 Å². The van der Waals surface area contributed by atoms with Crippen LogP contribution in [0.15, 0.2) is 24.3 Å². The number of amides is 1. The van der Waals surface area contributed by atoms with E-state index in [1.165, 1.54) is 11.3 Å². The molecule has 2 aliphatic rings. The number of carbonyl (C=O) groups excluding carboxylic acids is 1. The lowest BCUT2D eigenvalue weighted by molar-refractivity contribution is 0.0576. The Bertz CT molecular complexity index is 823. The molecule has 1 amide bonds. The molecule has 2 heterocycles. The van der Waals surface area contributed by atoms with Gasteiger partial charge in [-0.25, -0.2) is 4.68 Å². The van der Waals surface area contributed by atoms with Gasteiger partial charge in [-0.05, 0) is 64.0 Å². The van der Waals surface area contributed by atoms with Crippen molar-refractivity contribution in [3.63, 3.8) is 0 Å². The highest BCUT2D eigenvalue weighted by molar-refractivity contribution is 5.94. The molecule has 2 aromatic rings. The molecule has 1 aromatic carbocycles. The molecule has 2 N–H and O–H groups in total. The van der Waals surface area contributed by atoms with Crippen LogP contribution in [0.2, 0.25) is 0 Å². The first kappa shape index (κ1) is 17.3. The van der Waals surface area contributed by atoms with E-state index in [2.05, 4.69) is 19.1 Å². The van der Waals surface area contributed by atoms with Crippen molar-refractivity contribution in [3.8, 4) is 5.69 Å². The summed E-state index contributed by atoms with van der Waals surface area (Å²) in [5.41, 5.74) is 11.4. The van der Waals surface area contributed by atoms with Crippen molar-refractivity contribution in [1.29, 1.82) is 0 Å². The third kappa shape index (κ3) is 2.84. The first-order chi connectivity index (χ1) is 12.6. The second-order valence-corrected chi connectivity index (χ2v) is 7.75. The van der Waals surface area contributed by atoms with Crippen LogP contribution in [-0.4, -0.2) is 39.2 Å². The minimum absolute atomic E-state index is 0.00856. The zero-order chi connectivity index (χ0) is 18.3. The fourth-order valence-electron chi connectivity index (χ4n) is 4.50. The zero-order valence-electron chi connectivity index (χ0n) is 15.7. The first-order valence-corrected chi connectivity index (χ1v) is 9.81. The molecule has 5 nitrogen and oxygen atoms in total. The predicted octanol–water partition coefficient (Wildman–Crippen LogP) is 3.01. The standard InChI is InChI=1S/C21H28N4O/c1-14-8-3-4-10-17(14)25-19-12-7-9-16(19)20(23-25)21(26)24-13-6-5-11-18(24)15(2)22/h3-4,8,10,15,18H,5-7,9,11-13,22H2,1-2H3. The third-order valence-corrected chi connectivity index (χ3v) is 5.89. The highest BCUT2D eigenvalue weighted by Crippen LogP contribution is 2.31. The lowest BCUT2D eigenvalue weighted by Crippen LogP contribution is -2.51. The van der Waals surface area contributed by atoms with E-state index in [9.17, 15) is 4.79 Å². The number of para-hydroxylation sites is 1. The molecular formula is C21H28N4O. The summed E-state index contributed by atoms with van der Waals surface area (Å²) in [4.78, 5) is 15.4. The highest BCUT2D eigenvalue weighted by Gasteiger charge is 2.35. The maximum atomic E-state index is 13.4. The number of nitrogens with two attached hydrogens (primary N) is 1. The Morgan fingerprint density at radius 2 is 2.04 bits per heavy atom. The van der Waals surface area contributed by atoms with E-state index in [0.717, 1.165) is 56.3 Å². The molecule has 26 heavy (non-hydrogen) atoms. The number of rotatable bonds is 3. The molecule has 1 fully saturated rings. The van der Waals surface area contributed by atoms with Crippen molar-refractivity contribution in [3.05, 3.63) is 46.8 Å². The van der Waals surface area contributed by atoms with Gasteiger partial charge in [0.2, 0.25) is 0 Å². The number of hydrogen-bond donors (Lipinski definition) is 1. The van der Waals surface area contributed by atoms with E-state index < -0.39 is 0 Å². The molecule has 0 radical (unpaired) electrons. The van der Waals surface area contributed by atoms with Gasteiger partial charge in [0.25, 0.3) is 5.91 Å². The van der Waals surface area contributed by atoms with Gasteiger partial charge in [-0.2, -0.15) is 5.10 Å². The lowest BCUT2D eigenvalue weighted by Gasteiger charge is -2.37. The number of hydrogen-bond acceptors (Lipinski definition) is 3. The Balaban J connectivity index is 1.75. The van der Waals surface area contributed by atoms with E-state index in [-0.39, 0.29) is 18.0 Å². The smallest absolute Gasteiger partial charge is 0.274 e. The molecule has 0 saturated carbocycles. The van der Waals surface area contributed by atoms with Gasteiger partial charge < -0.3 is 10.6 Å². The molecule has 1 aliphatic carbocycles. The fraction of sp³-hybridized carbons (Fsp3) is 0.524. The summed E-state index contributed by atoms with van der Waals surface area (Å²) in [5, 5.41) is 4.82. The third-order valence-electron chi connectivity index (χ3n) is 5.89. The maximum Gasteiger partial charge on any atom is 0.274 e. The summed E-state index contributed by atoms with van der Waals surface area (Å²) < 4.78 is 2.01. The Labute approximate surface area is 155 Å². The van der Waals surface area contributed by atoms with E-state index in [1.807, 2.05) is 28.6 Å². The minimum Gasteiger partial charge on any atom is -0.333 e. The zero-order valence-corrected chi connectivity index (χ0v) is 15.7. The summed E-state index contributed by atoms with van der Waals surface area (Å²) in [6.07, 6.45) is 6.21. The maximum absolute atomic E-state index is 13.4. The number of fused-ring (bicyclic) bond motifs is 1. The topological polar surface area (TPSA) is 64.2 Å². The quantitative estimate of drug-likeness (QED) is 0.923. The van der Waals surface area contributed by atoms with E-state index in [4.69, 9.17) is 10.8 Å². The van der Waals surface area contributed by atoms with Crippen molar-refractivity contribution in [2.45, 2.75) is 64.5 Å². The summed E-state index contributed by atoms with van der Waals surface area (Å²) in [5.74, 6) is 0.0671. The van der Waals surface area contributed by atoms with Crippen molar-refractivity contribution in [1.82, 2.24) is 14.7 Å². The van der Waals surface area contributed by atoms with Gasteiger partial charge in [0.05, 0.1) is 5.69 Å². The number of nitrogens with zero attached hydrogens (tertiary/aromatic N) is 3. The summed E-state index contributed by atoms with van der Waals surface area (Å²) >= 11 is 0. The largest absolute Gasteiger partial charge is 0.333 e. The summed E-state index contributed by atoms with van der Waals surface area (Å²) in [7, 11) is 0. The number of benzene rings is 1. The van der Waals surface area contributed by atoms with Crippen LogP contribution in [0.4, 0.5) is 0 Å². The van der Waals surface area contributed by atoms with Gasteiger partial charge in [-0.1, -0.05) is 18.2 Å². The van der Waals surface area contributed by atoms with Crippen LogP contribution in [0.1, 0.15) is 59.9 Å². The molecular weight excluding hydrogens is 324 g/mol. The van der Waals surface area contributed by atoms with Gasteiger partial charge in [0, 0.05) is 29.9 Å². The molecule has 5 heteroatoms. The van der Waals surface area contributed by atoms with Crippen LogP contribution in [0.5, 0.6) is 0 Å². The van der Waals surface area contributed by atoms with Crippen LogP contribution in [0.25, 0.3) is 5.69 Å². The van der Waals surface area contributed by atoms with Crippen LogP contribution in [0, 0.1) is 6.92 Å². The molecule has 1 aromatic heterocycles. The van der Waals surface area contributed by atoms with Crippen molar-refractivity contribution >= 4 is 5.91 Å². The Hall–Kier alpha value is -2.14. The Kier molecular flexibility index (Phi) is 4.57. The van der Waals surface area contributed by atoms with Gasteiger partial charge in [-0.3, -0.25) is 4.79 Å². The minimum atomic E-state index is -0.00856. The Morgan fingerprint density at radius 3 is 2.81 bits per heavy atom. The molecule has 0 bridgehead atoms. The molecule has 0 spiro atoms. The van der Waals surface area contributed by atoms with E-state index >= 15 is 0 Å². The van der Waals surface area contributed by atoms with Crippen LogP contribution < -0.4 is 5.73 Å². The van der Waals surface area contributed by atoms with Crippen LogP contribution >= 0.6 is 0 Å². The number of likely N-dealkylation sites (tertiary alicyclic amines) is 1. The normalized spacial score (nSPS) is 20.9. The number of aryl methyl sites for hydroxylation is 1. The van der Waals surface area contributed by atoms with Crippen LogP contribution in [-0.2, 0) is 12.8 Å². The molecule has 138 valence electrons. The van der Waals surface area contributed by atoms with Crippen LogP contribution in [0.3, 0.4) is 0 Å². The molecule has 1 saturated heterocycles. The van der Waals surface area contributed by atoms with E-state index in [0.29, 0.717) is 5.69 Å². The molecule has 2 unspecified atom stereocenters. The summed E-state index contributed by atoms with van der Waals surface area (Å²) in [6.45, 7) is 4.89. The second-order valence-electron chi connectivity index (χ2n) is 7.75. The first-order valence-electron chi connectivity index (χ1n) is 9.81.